The third-order valence-electron chi connectivity index (χ3n) is 2.38. The molecule has 2 unspecified atom stereocenters. The number of aliphatic hydroxyl groups is 2. The predicted octanol–water partition coefficient (Wildman–Crippen LogP) is 0.584. The number of aliphatic hydroxyl groups excluding tert-OH is 2. The van der Waals surface area contributed by atoms with Crippen LogP contribution in [0.5, 0.6) is 0 Å². The molecule has 4 nitrogen and oxygen atoms in total. The Hall–Kier alpha value is -0.810. The van der Waals surface area contributed by atoms with Crippen molar-refractivity contribution in [3.05, 3.63) is 28.3 Å². The van der Waals surface area contributed by atoms with Gasteiger partial charge in [-0.05, 0) is 18.6 Å². The first-order valence-electron chi connectivity index (χ1n) is 4.59. The fourth-order valence-electron chi connectivity index (χ4n) is 1.29. The summed E-state index contributed by atoms with van der Waals surface area (Å²) in [7, 11) is 0. The van der Waals surface area contributed by atoms with Gasteiger partial charge in [0.25, 0.3) is 0 Å². The fraction of sp³-hybridized carbons (Fsp3) is 0.400. The Bertz CT molecular complexity index is 358. The number of rotatable bonds is 3. The van der Waals surface area contributed by atoms with Gasteiger partial charge in [-0.25, -0.2) is 0 Å². The first-order valence-corrected chi connectivity index (χ1v) is 4.97. The van der Waals surface area contributed by atoms with Crippen LogP contribution in [-0.4, -0.2) is 22.9 Å². The third-order valence-corrected chi connectivity index (χ3v) is 2.88. The molecule has 1 aromatic carbocycles. The van der Waals surface area contributed by atoms with Crippen LogP contribution in [0, 0.1) is 6.92 Å². The number of nitrogen functional groups attached to an aromatic ring is 1. The van der Waals surface area contributed by atoms with E-state index in [-0.39, 0.29) is 6.54 Å². The number of benzene rings is 1. The van der Waals surface area contributed by atoms with Crippen LogP contribution >= 0.6 is 11.6 Å². The van der Waals surface area contributed by atoms with Gasteiger partial charge in [0.2, 0.25) is 0 Å². The van der Waals surface area contributed by atoms with Crippen molar-refractivity contribution < 1.29 is 10.2 Å². The lowest BCUT2D eigenvalue weighted by atomic mass is 10.0. The molecule has 6 N–H and O–H groups in total. The maximum absolute atomic E-state index is 9.73. The molecular weight excluding hydrogens is 216 g/mol. The zero-order valence-electron chi connectivity index (χ0n) is 8.44. The summed E-state index contributed by atoms with van der Waals surface area (Å²) >= 11 is 6.00. The minimum absolute atomic E-state index is 0.0269. The number of anilines is 1. The van der Waals surface area contributed by atoms with Crippen LogP contribution < -0.4 is 11.5 Å². The highest BCUT2D eigenvalue weighted by Crippen LogP contribution is 2.31. The molecular formula is C10H15ClN2O2. The van der Waals surface area contributed by atoms with Crippen LogP contribution in [0.3, 0.4) is 0 Å². The lowest BCUT2D eigenvalue weighted by molar-refractivity contribution is 0.0244. The second kappa shape index (κ2) is 4.81. The second-order valence-corrected chi connectivity index (χ2v) is 3.81. The van der Waals surface area contributed by atoms with Crippen LogP contribution in [-0.2, 0) is 0 Å². The Labute approximate surface area is 93.5 Å². The van der Waals surface area contributed by atoms with Crippen molar-refractivity contribution in [3.8, 4) is 0 Å². The van der Waals surface area contributed by atoms with E-state index in [4.69, 9.17) is 23.1 Å². The maximum atomic E-state index is 9.73. The van der Waals surface area contributed by atoms with Crippen LogP contribution in [0.15, 0.2) is 12.1 Å². The Balaban J connectivity index is 3.10. The van der Waals surface area contributed by atoms with Crippen molar-refractivity contribution in [1.29, 1.82) is 0 Å². The summed E-state index contributed by atoms with van der Waals surface area (Å²) in [6.45, 7) is 1.73. The maximum Gasteiger partial charge on any atom is 0.108 e. The van der Waals surface area contributed by atoms with Crippen LogP contribution in [0.4, 0.5) is 5.69 Å². The molecule has 2 atom stereocenters. The molecule has 84 valence electrons. The van der Waals surface area contributed by atoms with Crippen molar-refractivity contribution in [2.75, 3.05) is 12.3 Å². The Morgan fingerprint density at radius 2 is 2.00 bits per heavy atom. The lowest BCUT2D eigenvalue weighted by Crippen LogP contribution is -2.27. The Morgan fingerprint density at radius 1 is 1.40 bits per heavy atom. The van der Waals surface area contributed by atoms with Gasteiger partial charge in [-0.3, -0.25) is 0 Å². The topological polar surface area (TPSA) is 92.5 Å². The van der Waals surface area contributed by atoms with Gasteiger partial charge in [0.05, 0.1) is 11.1 Å². The minimum atomic E-state index is -1.08. The molecule has 0 heterocycles. The van der Waals surface area contributed by atoms with E-state index in [2.05, 4.69) is 0 Å². The average Bonchev–Trinajstić information content (AvgIpc) is 2.24. The highest BCUT2D eigenvalue weighted by molar-refractivity contribution is 6.32. The summed E-state index contributed by atoms with van der Waals surface area (Å²) in [5, 5.41) is 19.5. The zero-order valence-corrected chi connectivity index (χ0v) is 9.20. The molecule has 0 amide bonds. The van der Waals surface area contributed by atoms with Crippen molar-refractivity contribution >= 4 is 17.3 Å². The summed E-state index contributed by atoms with van der Waals surface area (Å²) in [6, 6.07) is 3.23. The van der Waals surface area contributed by atoms with Crippen LogP contribution in [0.2, 0.25) is 5.02 Å². The van der Waals surface area contributed by atoms with Gasteiger partial charge in [0.1, 0.15) is 6.10 Å². The van der Waals surface area contributed by atoms with Crippen molar-refractivity contribution in [1.82, 2.24) is 0 Å². The standard InChI is InChI=1S/C10H15ClN2O2/c1-5-7(13)3-2-6(9(5)11)10(15)8(14)4-12/h2-3,8,10,14-15H,4,12-13H2,1H3. The number of halogens is 1. The summed E-state index contributed by atoms with van der Waals surface area (Å²) in [4.78, 5) is 0. The smallest absolute Gasteiger partial charge is 0.108 e. The van der Waals surface area contributed by atoms with E-state index >= 15 is 0 Å². The highest BCUT2D eigenvalue weighted by Gasteiger charge is 2.20. The van der Waals surface area contributed by atoms with Gasteiger partial charge < -0.3 is 21.7 Å². The predicted molar refractivity (Wildman–Crippen MR) is 60.6 cm³/mol. The average molecular weight is 231 g/mol. The van der Waals surface area contributed by atoms with Crippen molar-refractivity contribution in [3.63, 3.8) is 0 Å². The van der Waals surface area contributed by atoms with Gasteiger partial charge in [-0.2, -0.15) is 0 Å². The second-order valence-electron chi connectivity index (χ2n) is 3.43. The van der Waals surface area contributed by atoms with Crippen molar-refractivity contribution in [2.45, 2.75) is 19.1 Å². The molecule has 0 fully saturated rings. The van der Waals surface area contributed by atoms with Crippen LogP contribution in [0.1, 0.15) is 17.2 Å². The molecule has 0 spiro atoms. The summed E-state index contributed by atoms with van der Waals surface area (Å²) in [5.41, 5.74) is 12.6. The summed E-state index contributed by atoms with van der Waals surface area (Å²) in [6.07, 6.45) is -2.10. The van der Waals surface area contributed by atoms with Crippen molar-refractivity contribution in [2.24, 2.45) is 5.73 Å². The van der Waals surface area contributed by atoms with E-state index in [1.807, 2.05) is 0 Å². The van der Waals surface area contributed by atoms with E-state index in [1.54, 1.807) is 19.1 Å². The third kappa shape index (κ3) is 2.41. The van der Waals surface area contributed by atoms with Gasteiger partial charge in [0.15, 0.2) is 0 Å². The summed E-state index contributed by atoms with van der Waals surface area (Å²) in [5.74, 6) is 0. The van der Waals surface area contributed by atoms with E-state index in [9.17, 15) is 10.2 Å². The van der Waals surface area contributed by atoms with Crippen LogP contribution in [0.25, 0.3) is 0 Å². The van der Waals surface area contributed by atoms with E-state index in [0.717, 1.165) is 0 Å². The molecule has 0 aliphatic rings. The van der Waals surface area contributed by atoms with E-state index < -0.39 is 12.2 Å². The fourth-order valence-corrected chi connectivity index (χ4v) is 1.57. The van der Waals surface area contributed by atoms with Gasteiger partial charge >= 0.3 is 0 Å². The normalized spacial score (nSPS) is 15.0. The lowest BCUT2D eigenvalue weighted by Gasteiger charge is -2.19. The Kier molecular flexibility index (Phi) is 3.93. The molecule has 0 saturated carbocycles. The zero-order chi connectivity index (χ0) is 11.6. The number of hydrogen-bond donors (Lipinski definition) is 4. The molecule has 0 aliphatic heterocycles. The molecule has 5 heteroatoms. The number of hydrogen-bond acceptors (Lipinski definition) is 4. The van der Waals surface area contributed by atoms with Gasteiger partial charge in [0, 0.05) is 17.8 Å². The first kappa shape index (κ1) is 12.3. The SMILES string of the molecule is Cc1c(N)ccc(C(O)C(O)CN)c1Cl. The molecule has 0 radical (unpaired) electrons. The molecule has 15 heavy (non-hydrogen) atoms. The molecule has 1 rings (SSSR count). The molecule has 0 bridgehead atoms. The summed E-state index contributed by atoms with van der Waals surface area (Å²) < 4.78 is 0. The largest absolute Gasteiger partial charge is 0.398 e. The van der Waals surface area contributed by atoms with E-state index in [0.29, 0.717) is 21.8 Å². The molecule has 0 aliphatic carbocycles. The molecule has 0 saturated heterocycles. The monoisotopic (exact) mass is 230 g/mol. The minimum Gasteiger partial charge on any atom is -0.398 e. The highest BCUT2D eigenvalue weighted by atomic mass is 35.5. The molecule has 1 aromatic rings. The molecule has 0 aromatic heterocycles. The number of nitrogens with two attached hydrogens (primary N) is 2. The first-order chi connectivity index (χ1) is 6.99. The Morgan fingerprint density at radius 3 is 2.53 bits per heavy atom. The quantitative estimate of drug-likeness (QED) is 0.572. The van der Waals surface area contributed by atoms with Gasteiger partial charge in [-0.15, -0.1) is 0 Å². The van der Waals surface area contributed by atoms with Gasteiger partial charge in [-0.1, -0.05) is 17.7 Å². The van der Waals surface area contributed by atoms with E-state index in [1.165, 1.54) is 0 Å².